The summed E-state index contributed by atoms with van der Waals surface area (Å²) in [5.74, 6) is -1.25. The molecule has 0 saturated carbocycles. The molecule has 0 fully saturated rings. The van der Waals surface area contributed by atoms with Crippen LogP contribution in [0.15, 0.2) is 24.3 Å². The number of hydrogen-bond acceptors (Lipinski definition) is 5. The van der Waals surface area contributed by atoms with Crippen molar-refractivity contribution in [3.63, 3.8) is 0 Å². The van der Waals surface area contributed by atoms with Crippen LogP contribution in [0.4, 0.5) is 5.69 Å². The average Bonchev–Trinajstić information content (AvgIpc) is 2.92. The third kappa shape index (κ3) is 5.40. The molecule has 7 nitrogen and oxygen atoms in total. The number of anilines is 1. The standard InChI is InChI=1S/C19H22ClN3O4/c1-4-5-10-23-18(20)17(12(2)22-23)19(26)27-11-16(25)21-15-8-6-14(7-9-15)13(3)24/h6-9H,4-5,10-11H2,1-3H3,(H,21,25). The first-order valence-corrected chi connectivity index (χ1v) is 9.02. The van der Waals surface area contributed by atoms with Crippen molar-refractivity contribution in [2.75, 3.05) is 11.9 Å². The molecule has 1 amide bonds. The van der Waals surface area contributed by atoms with Gasteiger partial charge in [0.05, 0.1) is 5.69 Å². The van der Waals surface area contributed by atoms with E-state index >= 15 is 0 Å². The zero-order valence-electron chi connectivity index (χ0n) is 15.5. The summed E-state index contributed by atoms with van der Waals surface area (Å²) < 4.78 is 6.62. The zero-order valence-corrected chi connectivity index (χ0v) is 16.3. The number of nitrogens with one attached hydrogen (secondary N) is 1. The largest absolute Gasteiger partial charge is 0.452 e. The number of nitrogens with zero attached hydrogens (tertiary/aromatic N) is 2. The zero-order chi connectivity index (χ0) is 20.0. The van der Waals surface area contributed by atoms with Crippen molar-refractivity contribution >= 4 is 34.9 Å². The number of halogens is 1. The van der Waals surface area contributed by atoms with Crippen LogP contribution in [-0.4, -0.2) is 34.0 Å². The molecule has 2 aromatic rings. The Kier molecular flexibility index (Phi) is 7.12. The topological polar surface area (TPSA) is 90.3 Å². The van der Waals surface area contributed by atoms with Gasteiger partial charge in [0.1, 0.15) is 10.7 Å². The van der Waals surface area contributed by atoms with Gasteiger partial charge in [-0.15, -0.1) is 0 Å². The number of Topliss-reactive ketones (excluding diaryl/α,β-unsaturated/α-hetero) is 1. The molecule has 1 aromatic heterocycles. The fraction of sp³-hybridized carbons (Fsp3) is 0.368. The number of aryl methyl sites for hydroxylation is 2. The van der Waals surface area contributed by atoms with E-state index in [1.165, 1.54) is 6.92 Å². The molecule has 0 atom stereocenters. The van der Waals surface area contributed by atoms with E-state index in [1.54, 1.807) is 35.9 Å². The van der Waals surface area contributed by atoms with Gasteiger partial charge < -0.3 is 10.1 Å². The molecule has 8 heteroatoms. The molecule has 0 saturated heterocycles. The first-order chi connectivity index (χ1) is 12.8. The van der Waals surface area contributed by atoms with Crippen molar-refractivity contribution in [3.8, 4) is 0 Å². The van der Waals surface area contributed by atoms with Crippen LogP contribution >= 0.6 is 11.6 Å². The van der Waals surface area contributed by atoms with Crippen LogP contribution in [0, 0.1) is 6.92 Å². The van der Waals surface area contributed by atoms with E-state index in [0.29, 0.717) is 23.5 Å². The number of carbonyl (C=O) groups is 3. The molecule has 144 valence electrons. The Morgan fingerprint density at radius 2 is 1.89 bits per heavy atom. The molecule has 27 heavy (non-hydrogen) atoms. The number of aromatic nitrogens is 2. The third-order valence-corrected chi connectivity index (χ3v) is 4.29. The number of hydrogen-bond donors (Lipinski definition) is 1. The second-order valence-electron chi connectivity index (χ2n) is 6.09. The highest BCUT2D eigenvalue weighted by atomic mass is 35.5. The van der Waals surface area contributed by atoms with Gasteiger partial charge in [-0.25, -0.2) is 4.79 Å². The summed E-state index contributed by atoms with van der Waals surface area (Å²) in [4.78, 5) is 35.5. The Morgan fingerprint density at radius 1 is 1.22 bits per heavy atom. The molecule has 1 heterocycles. The van der Waals surface area contributed by atoms with E-state index in [0.717, 1.165) is 12.8 Å². The van der Waals surface area contributed by atoms with Crippen LogP contribution in [0.25, 0.3) is 0 Å². The van der Waals surface area contributed by atoms with Crippen molar-refractivity contribution in [1.29, 1.82) is 0 Å². The molecular weight excluding hydrogens is 370 g/mol. The Balaban J connectivity index is 1.94. The lowest BCUT2D eigenvalue weighted by Crippen LogP contribution is -2.21. The van der Waals surface area contributed by atoms with Crippen LogP contribution in [0.5, 0.6) is 0 Å². The maximum absolute atomic E-state index is 12.3. The SMILES string of the molecule is CCCCn1nc(C)c(C(=O)OCC(=O)Nc2ccc(C(C)=O)cc2)c1Cl. The molecular formula is C19H22ClN3O4. The summed E-state index contributed by atoms with van der Waals surface area (Å²) in [6.45, 7) is 5.33. The van der Waals surface area contributed by atoms with Gasteiger partial charge in [0, 0.05) is 17.8 Å². The van der Waals surface area contributed by atoms with Crippen LogP contribution in [0.1, 0.15) is 53.1 Å². The highest BCUT2D eigenvalue weighted by molar-refractivity contribution is 6.32. The number of amides is 1. The number of unbranched alkanes of at least 4 members (excludes halogenated alkanes) is 1. The van der Waals surface area contributed by atoms with Gasteiger partial charge in [-0.1, -0.05) is 24.9 Å². The van der Waals surface area contributed by atoms with E-state index in [2.05, 4.69) is 10.4 Å². The van der Waals surface area contributed by atoms with E-state index in [1.807, 2.05) is 6.92 Å². The number of ketones is 1. The third-order valence-electron chi connectivity index (χ3n) is 3.90. The fourth-order valence-electron chi connectivity index (χ4n) is 2.43. The second kappa shape index (κ2) is 9.32. The highest BCUT2D eigenvalue weighted by Gasteiger charge is 2.22. The predicted molar refractivity (Wildman–Crippen MR) is 102 cm³/mol. The highest BCUT2D eigenvalue weighted by Crippen LogP contribution is 2.21. The maximum Gasteiger partial charge on any atom is 0.343 e. The molecule has 0 unspecified atom stereocenters. The summed E-state index contributed by atoms with van der Waals surface area (Å²) >= 11 is 6.22. The Bertz CT molecular complexity index is 843. The van der Waals surface area contributed by atoms with Crippen LogP contribution in [0.2, 0.25) is 5.15 Å². The maximum atomic E-state index is 12.3. The number of benzene rings is 1. The summed E-state index contributed by atoms with van der Waals surface area (Å²) in [7, 11) is 0. The summed E-state index contributed by atoms with van der Waals surface area (Å²) in [6.07, 6.45) is 1.86. The monoisotopic (exact) mass is 391 g/mol. The molecule has 0 aliphatic carbocycles. The lowest BCUT2D eigenvalue weighted by atomic mass is 10.1. The molecule has 0 aliphatic rings. The molecule has 1 aromatic carbocycles. The first kappa shape index (κ1) is 20.6. The van der Waals surface area contributed by atoms with Crippen molar-refractivity contribution < 1.29 is 19.1 Å². The summed E-state index contributed by atoms with van der Waals surface area (Å²) in [6, 6.07) is 6.43. The Labute approximate surface area is 162 Å². The smallest absolute Gasteiger partial charge is 0.343 e. The molecule has 0 bridgehead atoms. The van der Waals surface area contributed by atoms with Crippen molar-refractivity contribution in [3.05, 3.63) is 46.2 Å². The lowest BCUT2D eigenvalue weighted by molar-refractivity contribution is -0.119. The minimum absolute atomic E-state index is 0.0615. The van der Waals surface area contributed by atoms with Gasteiger partial charge in [-0.3, -0.25) is 14.3 Å². The number of esters is 1. The number of rotatable bonds is 8. The predicted octanol–water partition coefficient (Wildman–Crippen LogP) is 3.64. The molecule has 0 aliphatic heterocycles. The Morgan fingerprint density at radius 3 is 2.48 bits per heavy atom. The second-order valence-corrected chi connectivity index (χ2v) is 6.44. The number of carbonyl (C=O) groups excluding carboxylic acids is 3. The quantitative estimate of drug-likeness (QED) is 0.548. The van der Waals surface area contributed by atoms with E-state index < -0.39 is 18.5 Å². The molecule has 1 N–H and O–H groups in total. The van der Waals surface area contributed by atoms with Crippen molar-refractivity contribution in [2.45, 2.75) is 40.2 Å². The van der Waals surface area contributed by atoms with Crippen molar-refractivity contribution in [1.82, 2.24) is 9.78 Å². The molecule has 0 radical (unpaired) electrons. The van der Waals surface area contributed by atoms with Gasteiger partial charge in [-0.2, -0.15) is 5.10 Å². The average molecular weight is 392 g/mol. The lowest BCUT2D eigenvalue weighted by Gasteiger charge is -2.07. The van der Waals surface area contributed by atoms with Crippen LogP contribution in [0.3, 0.4) is 0 Å². The molecule has 0 spiro atoms. The van der Waals surface area contributed by atoms with Gasteiger partial charge >= 0.3 is 5.97 Å². The fourth-order valence-corrected chi connectivity index (χ4v) is 2.77. The van der Waals surface area contributed by atoms with Gasteiger partial charge in [0.2, 0.25) is 0 Å². The minimum Gasteiger partial charge on any atom is -0.452 e. The first-order valence-electron chi connectivity index (χ1n) is 8.64. The summed E-state index contributed by atoms with van der Waals surface area (Å²) in [5.41, 5.74) is 1.68. The minimum atomic E-state index is -0.692. The van der Waals surface area contributed by atoms with Crippen molar-refractivity contribution in [2.24, 2.45) is 0 Å². The van der Waals surface area contributed by atoms with Gasteiger partial charge in [0.25, 0.3) is 5.91 Å². The summed E-state index contributed by atoms with van der Waals surface area (Å²) in [5, 5.41) is 7.05. The van der Waals surface area contributed by atoms with Gasteiger partial charge in [-0.05, 0) is 44.5 Å². The molecule has 2 rings (SSSR count). The Hall–Kier alpha value is -2.67. The van der Waals surface area contributed by atoms with E-state index in [9.17, 15) is 14.4 Å². The van der Waals surface area contributed by atoms with Gasteiger partial charge in [0.15, 0.2) is 12.4 Å². The number of ether oxygens (including phenoxy) is 1. The van der Waals surface area contributed by atoms with Crippen LogP contribution < -0.4 is 5.32 Å². The normalized spacial score (nSPS) is 10.5. The van der Waals surface area contributed by atoms with E-state index in [-0.39, 0.29) is 16.5 Å². The van der Waals surface area contributed by atoms with E-state index in [4.69, 9.17) is 16.3 Å². The van der Waals surface area contributed by atoms with Crippen LogP contribution in [-0.2, 0) is 16.1 Å².